The molecule has 0 saturated heterocycles. The molecule has 0 aromatic heterocycles. The lowest BCUT2D eigenvalue weighted by atomic mass is 10.1. The zero-order valence-electron chi connectivity index (χ0n) is 11.8. The zero-order valence-corrected chi connectivity index (χ0v) is 11.8. The van der Waals surface area contributed by atoms with Crippen LogP contribution in [0.4, 0.5) is 0 Å². The lowest BCUT2D eigenvalue weighted by molar-refractivity contribution is 0.0954. The number of para-hydroxylation sites is 1. The highest BCUT2D eigenvalue weighted by Crippen LogP contribution is 2.17. The molecule has 0 bridgehead atoms. The van der Waals surface area contributed by atoms with Crippen LogP contribution in [0.1, 0.15) is 21.5 Å². The summed E-state index contributed by atoms with van der Waals surface area (Å²) in [6, 6.07) is 16.4. The van der Waals surface area contributed by atoms with Gasteiger partial charge in [0.15, 0.2) is 0 Å². The molecule has 0 aliphatic rings. The normalized spacial score (nSPS) is 9.71. The lowest BCUT2D eigenvalue weighted by Crippen LogP contribution is -2.25. The van der Waals surface area contributed by atoms with Gasteiger partial charge in [0.25, 0.3) is 5.91 Å². The monoisotopic (exact) mass is 280 g/mol. The van der Waals surface area contributed by atoms with Crippen LogP contribution in [0.25, 0.3) is 0 Å². The van der Waals surface area contributed by atoms with Gasteiger partial charge in [-0.05, 0) is 36.2 Å². The average molecular weight is 280 g/mol. The first kappa shape index (κ1) is 14.6. The number of carbonyl (C=O) groups excluding carboxylic acids is 1. The number of carbonyl (C=O) groups is 1. The first-order valence-electron chi connectivity index (χ1n) is 6.65. The quantitative estimate of drug-likeness (QED) is 0.915. The van der Waals surface area contributed by atoms with Gasteiger partial charge in [0.2, 0.25) is 0 Å². The van der Waals surface area contributed by atoms with Crippen LogP contribution in [0, 0.1) is 11.3 Å². The molecule has 21 heavy (non-hydrogen) atoms. The Morgan fingerprint density at radius 1 is 1.24 bits per heavy atom. The zero-order chi connectivity index (χ0) is 15.1. The Morgan fingerprint density at radius 3 is 2.81 bits per heavy atom. The fraction of sp³-hybridized carbons (Fsp3) is 0.176. The smallest absolute Gasteiger partial charge is 0.251 e. The minimum Gasteiger partial charge on any atom is -0.496 e. The molecule has 0 spiro atoms. The maximum absolute atomic E-state index is 12.0. The Balaban J connectivity index is 1.94. The summed E-state index contributed by atoms with van der Waals surface area (Å²) in [5.74, 6) is 0.639. The molecular weight excluding hydrogens is 264 g/mol. The van der Waals surface area contributed by atoms with Crippen molar-refractivity contribution in [2.24, 2.45) is 0 Å². The first-order valence-corrected chi connectivity index (χ1v) is 6.65. The van der Waals surface area contributed by atoms with E-state index in [4.69, 9.17) is 10.00 Å². The van der Waals surface area contributed by atoms with Gasteiger partial charge in [-0.3, -0.25) is 4.79 Å². The minimum atomic E-state index is -0.179. The third kappa shape index (κ3) is 3.83. The Kier molecular flexibility index (Phi) is 4.94. The van der Waals surface area contributed by atoms with Crippen molar-refractivity contribution in [1.29, 1.82) is 5.26 Å². The molecule has 0 fully saturated rings. The number of amides is 1. The minimum absolute atomic E-state index is 0.179. The van der Waals surface area contributed by atoms with Crippen molar-refractivity contribution in [3.8, 4) is 11.8 Å². The van der Waals surface area contributed by atoms with E-state index in [0.717, 1.165) is 11.3 Å². The molecule has 0 atom stereocenters. The van der Waals surface area contributed by atoms with Crippen LogP contribution in [0.5, 0.6) is 5.75 Å². The van der Waals surface area contributed by atoms with Crippen molar-refractivity contribution in [3.63, 3.8) is 0 Å². The number of nitrogens with zero attached hydrogens (tertiary/aromatic N) is 1. The van der Waals surface area contributed by atoms with Gasteiger partial charge in [-0.2, -0.15) is 5.26 Å². The van der Waals surface area contributed by atoms with Gasteiger partial charge < -0.3 is 10.1 Å². The Morgan fingerprint density at radius 2 is 2.05 bits per heavy atom. The van der Waals surface area contributed by atoms with Crippen LogP contribution in [0.15, 0.2) is 48.5 Å². The summed E-state index contributed by atoms with van der Waals surface area (Å²) in [5, 5.41) is 11.7. The second-order valence-corrected chi connectivity index (χ2v) is 4.51. The highest BCUT2D eigenvalue weighted by Gasteiger charge is 2.07. The van der Waals surface area contributed by atoms with Gasteiger partial charge >= 0.3 is 0 Å². The van der Waals surface area contributed by atoms with E-state index in [2.05, 4.69) is 5.32 Å². The molecule has 4 heteroatoms. The lowest BCUT2D eigenvalue weighted by Gasteiger charge is -2.09. The molecule has 0 aliphatic carbocycles. The van der Waals surface area contributed by atoms with E-state index in [9.17, 15) is 4.79 Å². The maximum atomic E-state index is 12.0. The molecule has 2 rings (SSSR count). The fourth-order valence-electron chi connectivity index (χ4n) is 2.05. The van der Waals surface area contributed by atoms with E-state index in [1.54, 1.807) is 31.4 Å². The van der Waals surface area contributed by atoms with Crippen LogP contribution >= 0.6 is 0 Å². The van der Waals surface area contributed by atoms with Crippen molar-refractivity contribution in [3.05, 3.63) is 65.2 Å². The summed E-state index contributed by atoms with van der Waals surface area (Å²) in [5.41, 5.74) is 2.02. The van der Waals surface area contributed by atoms with Crippen LogP contribution in [-0.2, 0) is 6.42 Å². The largest absolute Gasteiger partial charge is 0.496 e. The molecular formula is C17H16N2O2. The number of methoxy groups -OCH3 is 1. The number of hydrogen-bond donors (Lipinski definition) is 1. The number of rotatable bonds is 5. The highest BCUT2D eigenvalue weighted by molar-refractivity contribution is 5.94. The number of hydrogen-bond acceptors (Lipinski definition) is 3. The van der Waals surface area contributed by atoms with E-state index >= 15 is 0 Å². The van der Waals surface area contributed by atoms with Gasteiger partial charge in [-0.25, -0.2) is 0 Å². The van der Waals surface area contributed by atoms with Gasteiger partial charge in [0.1, 0.15) is 5.75 Å². The Labute approximate surface area is 124 Å². The average Bonchev–Trinajstić information content (AvgIpc) is 2.55. The number of benzene rings is 2. The molecule has 2 aromatic rings. The van der Waals surface area contributed by atoms with E-state index in [-0.39, 0.29) is 5.91 Å². The van der Waals surface area contributed by atoms with Gasteiger partial charge in [0.05, 0.1) is 18.7 Å². The van der Waals surface area contributed by atoms with E-state index < -0.39 is 0 Å². The highest BCUT2D eigenvalue weighted by atomic mass is 16.5. The predicted octanol–water partition coefficient (Wildman–Crippen LogP) is 2.54. The SMILES string of the molecule is COc1ccccc1CCNC(=O)c1cccc(C#N)c1. The standard InChI is InChI=1S/C17H16N2O2/c1-21-16-8-3-2-6-14(16)9-10-19-17(20)15-7-4-5-13(11-15)12-18/h2-8,11H,9-10H2,1H3,(H,19,20). The molecule has 2 aromatic carbocycles. The summed E-state index contributed by atoms with van der Waals surface area (Å²) in [4.78, 5) is 12.0. The second kappa shape index (κ2) is 7.11. The van der Waals surface area contributed by atoms with E-state index in [1.165, 1.54) is 0 Å². The number of nitrogens with one attached hydrogen (secondary N) is 1. The van der Waals surface area contributed by atoms with Crippen molar-refractivity contribution >= 4 is 5.91 Å². The summed E-state index contributed by atoms with van der Waals surface area (Å²) < 4.78 is 5.27. The predicted molar refractivity (Wildman–Crippen MR) is 80.2 cm³/mol. The topological polar surface area (TPSA) is 62.1 Å². The van der Waals surface area contributed by atoms with Gasteiger partial charge in [-0.1, -0.05) is 24.3 Å². The van der Waals surface area contributed by atoms with Gasteiger partial charge in [-0.15, -0.1) is 0 Å². The summed E-state index contributed by atoms with van der Waals surface area (Å²) >= 11 is 0. The molecule has 0 saturated carbocycles. The number of ether oxygens (including phenoxy) is 1. The van der Waals surface area contributed by atoms with Crippen LogP contribution in [-0.4, -0.2) is 19.6 Å². The Bertz CT molecular complexity index is 674. The molecule has 106 valence electrons. The summed E-state index contributed by atoms with van der Waals surface area (Å²) in [6.45, 7) is 0.510. The second-order valence-electron chi connectivity index (χ2n) is 4.51. The third-order valence-electron chi connectivity index (χ3n) is 3.13. The van der Waals surface area contributed by atoms with Crippen LogP contribution < -0.4 is 10.1 Å². The van der Waals surface area contributed by atoms with Crippen molar-refractivity contribution < 1.29 is 9.53 Å². The number of nitriles is 1. The molecule has 0 heterocycles. The van der Waals surface area contributed by atoms with Crippen molar-refractivity contribution in [2.45, 2.75) is 6.42 Å². The third-order valence-corrected chi connectivity index (χ3v) is 3.13. The summed E-state index contributed by atoms with van der Waals surface area (Å²) in [7, 11) is 1.63. The maximum Gasteiger partial charge on any atom is 0.251 e. The van der Waals surface area contributed by atoms with E-state index in [0.29, 0.717) is 24.1 Å². The van der Waals surface area contributed by atoms with E-state index in [1.807, 2.05) is 30.3 Å². The molecule has 0 unspecified atom stereocenters. The molecule has 0 radical (unpaired) electrons. The van der Waals surface area contributed by atoms with Crippen molar-refractivity contribution in [1.82, 2.24) is 5.32 Å². The molecule has 0 aliphatic heterocycles. The molecule has 1 N–H and O–H groups in total. The summed E-state index contributed by atoms with van der Waals surface area (Å²) in [6.07, 6.45) is 0.688. The molecule has 1 amide bonds. The van der Waals surface area contributed by atoms with Crippen LogP contribution in [0.3, 0.4) is 0 Å². The fourth-order valence-corrected chi connectivity index (χ4v) is 2.05. The van der Waals surface area contributed by atoms with Gasteiger partial charge in [0, 0.05) is 12.1 Å². The van der Waals surface area contributed by atoms with Crippen molar-refractivity contribution in [2.75, 3.05) is 13.7 Å². The molecule has 4 nitrogen and oxygen atoms in total. The Hall–Kier alpha value is -2.80. The van der Waals surface area contributed by atoms with Crippen LogP contribution in [0.2, 0.25) is 0 Å². The first-order chi connectivity index (χ1) is 10.2.